The third-order valence-electron chi connectivity index (χ3n) is 2.51. The van der Waals surface area contributed by atoms with Crippen LogP contribution in [0.4, 0.5) is 5.69 Å². The van der Waals surface area contributed by atoms with E-state index in [9.17, 15) is 14.4 Å². The molecular weight excluding hydrogens is 312 g/mol. The van der Waals surface area contributed by atoms with Gasteiger partial charge in [0.15, 0.2) is 0 Å². The van der Waals surface area contributed by atoms with Crippen LogP contribution in [0.2, 0.25) is 0 Å². The molecule has 0 spiro atoms. The average Bonchev–Trinajstić information content (AvgIpc) is 3.05. The van der Waals surface area contributed by atoms with Crippen LogP contribution in [0.15, 0.2) is 23.6 Å². The number of hydrogen-bond donors (Lipinski definition) is 3. The number of aryl methyl sites for hydroxylation is 1. The second-order valence-corrected chi connectivity index (χ2v) is 6.31. The van der Waals surface area contributed by atoms with Crippen LogP contribution < -0.4 is 10.6 Å². The molecule has 2 aromatic rings. The van der Waals surface area contributed by atoms with Crippen molar-refractivity contribution in [3.63, 3.8) is 0 Å². The number of amides is 2. The summed E-state index contributed by atoms with van der Waals surface area (Å²) < 4.78 is 0. The molecule has 0 bridgehead atoms. The van der Waals surface area contributed by atoms with Crippen molar-refractivity contribution in [2.45, 2.75) is 6.92 Å². The topological polar surface area (TPSA) is 95.5 Å². The molecule has 2 amide bonds. The SMILES string of the molecule is Cc1ccc(C(=O)NCC(=O)Nc2ccsc2C(=O)O)s1. The van der Waals surface area contributed by atoms with Gasteiger partial charge < -0.3 is 15.7 Å². The van der Waals surface area contributed by atoms with E-state index < -0.39 is 11.9 Å². The van der Waals surface area contributed by atoms with Gasteiger partial charge in [0.25, 0.3) is 5.91 Å². The fourth-order valence-electron chi connectivity index (χ4n) is 1.57. The second-order valence-electron chi connectivity index (χ2n) is 4.11. The van der Waals surface area contributed by atoms with Crippen molar-refractivity contribution in [1.82, 2.24) is 5.32 Å². The van der Waals surface area contributed by atoms with Gasteiger partial charge in [-0.05, 0) is 30.5 Å². The molecule has 2 aromatic heterocycles. The number of aromatic carboxylic acids is 1. The molecule has 110 valence electrons. The number of hydrogen-bond acceptors (Lipinski definition) is 5. The average molecular weight is 324 g/mol. The molecule has 0 radical (unpaired) electrons. The van der Waals surface area contributed by atoms with Gasteiger partial charge in [0.2, 0.25) is 5.91 Å². The maximum Gasteiger partial charge on any atom is 0.348 e. The summed E-state index contributed by atoms with van der Waals surface area (Å²) in [6.07, 6.45) is 0. The zero-order chi connectivity index (χ0) is 15.4. The van der Waals surface area contributed by atoms with Gasteiger partial charge in [0.1, 0.15) is 4.88 Å². The summed E-state index contributed by atoms with van der Waals surface area (Å²) >= 11 is 2.36. The molecule has 0 aliphatic heterocycles. The van der Waals surface area contributed by atoms with E-state index in [1.807, 2.05) is 13.0 Å². The Morgan fingerprint density at radius 3 is 2.62 bits per heavy atom. The number of anilines is 1. The summed E-state index contributed by atoms with van der Waals surface area (Å²) in [5, 5.41) is 15.5. The van der Waals surface area contributed by atoms with E-state index in [1.165, 1.54) is 17.4 Å². The van der Waals surface area contributed by atoms with Crippen molar-refractivity contribution in [1.29, 1.82) is 0 Å². The van der Waals surface area contributed by atoms with Crippen LogP contribution in [0, 0.1) is 6.92 Å². The summed E-state index contributed by atoms with van der Waals surface area (Å²) in [4.78, 5) is 36.0. The number of carboxylic acids is 1. The van der Waals surface area contributed by atoms with E-state index in [0.717, 1.165) is 16.2 Å². The van der Waals surface area contributed by atoms with Crippen LogP contribution in [-0.4, -0.2) is 29.4 Å². The van der Waals surface area contributed by atoms with E-state index >= 15 is 0 Å². The summed E-state index contributed by atoms with van der Waals surface area (Å²) in [7, 11) is 0. The van der Waals surface area contributed by atoms with Crippen LogP contribution in [0.3, 0.4) is 0 Å². The summed E-state index contributed by atoms with van der Waals surface area (Å²) in [5.74, 6) is -1.90. The van der Waals surface area contributed by atoms with Crippen LogP contribution in [0.5, 0.6) is 0 Å². The van der Waals surface area contributed by atoms with Gasteiger partial charge in [0, 0.05) is 4.88 Å². The first kappa shape index (κ1) is 15.2. The maximum atomic E-state index is 11.8. The van der Waals surface area contributed by atoms with E-state index in [4.69, 9.17) is 5.11 Å². The number of carbonyl (C=O) groups is 3. The summed E-state index contributed by atoms with van der Waals surface area (Å²) in [6, 6.07) is 5.02. The molecule has 0 aliphatic rings. The number of nitrogens with one attached hydrogen (secondary N) is 2. The molecular formula is C13H12N2O4S2. The van der Waals surface area contributed by atoms with E-state index in [2.05, 4.69) is 10.6 Å². The van der Waals surface area contributed by atoms with Crippen LogP contribution >= 0.6 is 22.7 Å². The highest BCUT2D eigenvalue weighted by Gasteiger charge is 2.15. The standard InChI is InChI=1S/C13H12N2O4S2/c1-7-2-3-9(21-7)12(17)14-6-10(16)15-8-4-5-20-11(8)13(18)19/h2-5H,6H2,1H3,(H,14,17)(H,15,16)(H,18,19). The molecule has 0 saturated heterocycles. The Labute approximate surface area is 128 Å². The maximum absolute atomic E-state index is 11.8. The smallest absolute Gasteiger partial charge is 0.348 e. The predicted molar refractivity (Wildman–Crippen MR) is 81.3 cm³/mol. The van der Waals surface area contributed by atoms with E-state index in [1.54, 1.807) is 11.4 Å². The van der Waals surface area contributed by atoms with Crippen molar-refractivity contribution in [2.75, 3.05) is 11.9 Å². The Bertz CT molecular complexity index is 690. The van der Waals surface area contributed by atoms with Crippen molar-refractivity contribution in [3.05, 3.63) is 38.2 Å². The van der Waals surface area contributed by atoms with Gasteiger partial charge in [-0.25, -0.2) is 4.79 Å². The fourth-order valence-corrected chi connectivity index (χ4v) is 3.04. The molecule has 0 aliphatic carbocycles. The molecule has 0 aromatic carbocycles. The van der Waals surface area contributed by atoms with Crippen LogP contribution in [0.25, 0.3) is 0 Å². The number of carboxylic acid groups (broad SMARTS) is 1. The van der Waals surface area contributed by atoms with Gasteiger partial charge in [-0.15, -0.1) is 22.7 Å². The third kappa shape index (κ3) is 3.89. The molecule has 0 atom stereocenters. The lowest BCUT2D eigenvalue weighted by atomic mass is 10.3. The summed E-state index contributed by atoms with van der Waals surface area (Å²) in [6.45, 7) is 1.67. The number of carbonyl (C=O) groups excluding carboxylic acids is 2. The lowest BCUT2D eigenvalue weighted by Crippen LogP contribution is -2.32. The highest BCUT2D eigenvalue weighted by atomic mass is 32.1. The Morgan fingerprint density at radius 2 is 2.00 bits per heavy atom. The third-order valence-corrected chi connectivity index (χ3v) is 4.41. The monoisotopic (exact) mass is 324 g/mol. The van der Waals surface area contributed by atoms with Crippen LogP contribution in [0.1, 0.15) is 24.2 Å². The number of thiophene rings is 2. The highest BCUT2D eigenvalue weighted by molar-refractivity contribution is 7.14. The molecule has 2 heterocycles. The Balaban J connectivity index is 1.89. The predicted octanol–water partition coefficient (Wildman–Crippen LogP) is 2.18. The van der Waals surface area contributed by atoms with Gasteiger partial charge >= 0.3 is 5.97 Å². The zero-order valence-electron chi connectivity index (χ0n) is 11.0. The second kappa shape index (κ2) is 6.51. The minimum atomic E-state index is -1.10. The first-order chi connectivity index (χ1) is 9.97. The van der Waals surface area contributed by atoms with E-state index in [0.29, 0.717) is 4.88 Å². The molecule has 0 saturated carbocycles. The normalized spacial score (nSPS) is 10.1. The lowest BCUT2D eigenvalue weighted by molar-refractivity contribution is -0.115. The zero-order valence-corrected chi connectivity index (χ0v) is 12.6. The van der Waals surface area contributed by atoms with Gasteiger partial charge in [0.05, 0.1) is 17.1 Å². The van der Waals surface area contributed by atoms with Crippen molar-refractivity contribution in [3.8, 4) is 0 Å². The van der Waals surface area contributed by atoms with E-state index in [-0.39, 0.29) is 23.0 Å². The quantitative estimate of drug-likeness (QED) is 0.785. The van der Waals surface area contributed by atoms with Gasteiger partial charge in [-0.1, -0.05) is 0 Å². The molecule has 21 heavy (non-hydrogen) atoms. The lowest BCUT2D eigenvalue weighted by Gasteiger charge is -2.05. The number of rotatable bonds is 5. The van der Waals surface area contributed by atoms with Crippen molar-refractivity contribution >= 4 is 46.1 Å². The molecule has 2 rings (SSSR count). The molecule has 6 nitrogen and oxygen atoms in total. The largest absolute Gasteiger partial charge is 0.477 e. The highest BCUT2D eigenvalue weighted by Crippen LogP contribution is 2.21. The Morgan fingerprint density at radius 1 is 1.24 bits per heavy atom. The molecule has 0 fully saturated rings. The molecule has 8 heteroatoms. The molecule has 0 unspecified atom stereocenters. The van der Waals surface area contributed by atoms with Gasteiger partial charge in [-0.2, -0.15) is 0 Å². The first-order valence-electron chi connectivity index (χ1n) is 5.92. The van der Waals surface area contributed by atoms with Crippen LogP contribution in [-0.2, 0) is 4.79 Å². The van der Waals surface area contributed by atoms with Crippen molar-refractivity contribution < 1.29 is 19.5 Å². The van der Waals surface area contributed by atoms with Gasteiger partial charge in [-0.3, -0.25) is 9.59 Å². The minimum absolute atomic E-state index is 0.0589. The Hall–Kier alpha value is -2.19. The van der Waals surface area contributed by atoms with Crippen molar-refractivity contribution in [2.24, 2.45) is 0 Å². The minimum Gasteiger partial charge on any atom is -0.477 e. The fraction of sp³-hybridized carbons (Fsp3) is 0.154. The molecule has 3 N–H and O–H groups in total. The Kier molecular flexibility index (Phi) is 4.71. The summed E-state index contributed by atoms with van der Waals surface area (Å²) in [5.41, 5.74) is 0.235. The first-order valence-corrected chi connectivity index (χ1v) is 7.62.